The predicted octanol–water partition coefficient (Wildman–Crippen LogP) is 4.67. The smallest absolute Gasteiger partial charge is 0.407 e. The van der Waals surface area contributed by atoms with E-state index in [0.717, 1.165) is 23.1 Å². The highest BCUT2D eigenvalue weighted by atomic mass is 79.9. The number of carbonyl (C=O) groups excluding carboxylic acids is 1. The lowest BCUT2D eigenvalue weighted by Crippen LogP contribution is -2.46. The van der Waals surface area contributed by atoms with E-state index in [1.165, 1.54) is 0 Å². The van der Waals surface area contributed by atoms with Crippen molar-refractivity contribution in [3.8, 4) is 0 Å². The molecule has 9 nitrogen and oxygen atoms in total. The summed E-state index contributed by atoms with van der Waals surface area (Å²) in [5, 5.41) is 13.1. The maximum atomic E-state index is 12.7. The number of rotatable bonds is 12. The fourth-order valence-corrected chi connectivity index (χ4v) is 4.92. The van der Waals surface area contributed by atoms with Crippen LogP contribution in [0.15, 0.2) is 18.2 Å². The van der Waals surface area contributed by atoms with Gasteiger partial charge in [0, 0.05) is 36.1 Å². The molecule has 0 aliphatic carbocycles. The summed E-state index contributed by atoms with van der Waals surface area (Å²) < 4.78 is 33.2. The predicted molar refractivity (Wildman–Crippen MR) is 146 cm³/mol. The van der Waals surface area contributed by atoms with E-state index in [1.54, 1.807) is 20.8 Å². The fraction of sp³-hybridized carbons (Fsp3) is 0.680. The molecule has 0 aliphatic rings. The number of alkyl carbamates (subject to hydrolysis) is 1. The van der Waals surface area contributed by atoms with Crippen molar-refractivity contribution in [1.82, 2.24) is 5.32 Å². The largest absolute Gasteiger partial charge is 0.481 e. The van der Waals surface area contributed by atoms with Crippen LogP contribution < -0.4 is 10.2 Å². The van der Waals surface area contributed by atoms with Crippen molar-refractivity contribution in [2.45, 2.75) is 72.4 Å². The van der Waals surface area contributed by atoms with Crippen molar-refractivity contribution >= 4 is 43.8 Å². The molecule has 0 heterocycles. The number of ether oxygens (including phenoxy) is 1. The van der Waals surface area contributed by atoms with Gasteiger partial charge in [0.2, 0.25) is 0 Å². The zero-order valence-electron chi connectivity index (χ0n) is 22.6. The number of nitrogens with zero attached hydrogens (tertiary/aromatic N) is 1. The van der Waals surface area contributed by atoms with E-state index in [9.17, 15) is 23.1 Å². The third-order valence-corrected chi connectivity index (χ3v) is 6.36. The molecule has 0 saturated carbocycles. The van der Waals surface area contributed by atoms with Crippen LogP contribution in [0, 0.1) is 12.3 Å². The second-order valence-corrected chi connectivity index (χ2v) is 13.4. The number of aliphatic carboxylic acids is 1. The van der Waals surface area contributed by atoms with Gasteiger partial charge in [-0.15, -0.1) is 0 Å². The monoisotopic (exact) mass is 592 g/mol. The number of carboxylic acid groups (broad SMARTS) is 1. The van der Waals surface area contributed by atoms with Gasteiger partial charge in [-0.2, -0.15) is 8.42 Å². The van der Waals surface area contributed by atoms with E-state index in [-0.39, 0.29) is 18.9 Å². The first-order valence-electron chi connectivity index (χ1n) is 11.8. The molecule has 0 aromatic heterocycles. The molecule has 1 rings (SSSR count). The maximum absolute atomic E-state index is 12.7. The molecular weight excluding hydrogens is 552 g/mol. The molecule has 206 valence electrons. The third-order valence-electron chi connectivity index (χ3n) is 5.41. The van der Waals surface area contributed by atoms with E-state index >= 15 is 0 Å². The SMILES string of the molecule is Cc1ccc(N(CCBr)CCOS(C)(=O)=O)cc1C([C@@H](CC(=O)O)NC(=O)OC(C)(C)C)C(C)(C)C. The van der Waals surface area contributed by atoms with E-state index in [2.05, 4.69) is 21.2 Å². The highest BCUT2D eigenvalue weighted by Gasteiger charge is 2.37. The zero-order valence-corrected chi connectivity index (χ0v) is 25.0. The molecule has 0 bridgehead atoms. The van der Waals surface area contributed by atoms with Crippen LogP contribution in [0.2, 0.25) is 0 Å². The molecule has 0 saturated heterocycles. The van der Waals surface area contributed by atoms with Crippen molar-refractivity contribution in [3.63, 3.8) is 0 Å². The number of anilines is 1. The lowest BCUT2D eigenvalue weighted by molar-refractivity contribution is -0.137. The minimum atomic E-state index is -3.56. The molecule has 2 atom stereocenters. The van der Waals surface area contributed by atoms with Crippen LogP contribution in [-0.4, -0.2) is 68.5 Å². The molecule has 1 unspecified atom stereocenters. The number of aryl methyl sites for hydroxylation is 1. The van der Waals surface area contributed by atoms with Gasteiger partial charge in [-0.3, -0.25) is 8.98 Å². The van der Waals surface area contributed by atoms with Gasteiger partial charge in [-0.1, -0.05) is 42.8 Å². The van der Waals surface area contributed by atoms with Crippen LogP contribution in [0.5, 0.6) is 0 Å². The average molecular weight is 594 g/mol. The highest BCUT2D eigenvalue weighted by molar-refractivity contribution is 9.09. The average Bonchev–Trinajstić information content (AvgIpc) is 2.65. The van der Waals surface area contributed by atoms with E-state index in [4.69, 9.17) is 8.92 Å². The Morgan fingerprint density at radius 1 is 1.14 bits per heavy atom. The molecule has 0 fully saturated rings. The molecule has 0 aliphatic heterocycles. The van der Waals surface area contributed by atoms with E-state index in [0.29, 0.717) is 18.4 Å². The van der Waals surface area contributed by atoms with E-state index in [1.807, 2.05) is 50.8 Å². The number of benzene rings is 1. The van der Waals surface area contributed by atoms with Gasteiger partial charge in [0.05, 0.1) is 19.3 Å². The number of alkyl halides is 1. The van der Waals surface area contributed by atoms with Crippen molar-refractivity contribution in [2.75, 3.05) is 36.2 Å². The Kier molecular flexibility index (Phi) is 11.7. The second kappa shape index (κ2) is 13.1. The van der Waals surface area contributed by atoms with Gasteiger partial charge in [0.1, 0.15) is 5.60 Å². The van der Waals surface area contributed by atoms with Crippen LogP contribution in [0.4, 0.5) is 10.5 Å². The van der Waals surface area contributed by atoms with Crippen molar-refractivity contribution in [2.24, 2.45) is 5.41 Å². The Bertz CT molecular complexity index is 1000. The summed E-state index contributed by atoms with van der Waals surface area (Å²) in [5.74, 6) is -1.39. The molecule has 1 amide bonds. The minimum Gasteiger partial charge on any atom is -0.481 e. The lowest BCUT2D eigenvalue weighted by atomic mass is 9.70. The molecule has 0 spiro atoms. The molecule has 1 aromatic carbocycles. The van der Waals surface area contributed by atoms with Crippen molar-refractivity contribution in [1.29, 1.82) is 0 Å². The van der Waals surface area contributed by atoms with Crippen LogP contribution in [-0.2, 0) is 23.8 Å². The van der Waals surface area contributed by atoms with Crippen molar-refractivity contribution < 1.29 is 32.0 Å². The quantitative estimate of drug-likeness (QED) is 0.265. The molecule has 0 radical (unpaired) electrons. The van der Waals surface area contributed by atoms with Gasteiger partial charge in [0.25, 0.3) is 10.1 Å². The Balaban J connectivity index is 3.48. The summed E-state index contributed by atoms with van der Waals surface area (Å²) >= 11 is 3.45. The number of amides is 1. The van der Waals surface area contributed by atoms with Crippen LogP contribution in [0.3, 0.4) is 0 Å². The summed E-state index contributed by atoms with van der Waals surface area (Å²) in [6.45, 7) is 14.2. The number of hydrogen-bond donors (Lipinski definition) is 2. The van der Waals surface area contributed by atoms with Gasteiger partial charge < -0.3 is 20.1 Å². The van der Waals surface area contributed by atoms with Crippen molar-refractivity contribution in [3.05, 3.63) is 29.3 Å². The molecule has 1 aromatic rings. The van der Waals surface area contributed by atoms with Crippen LogP contribution >= 0.6 is 15.9 Å². The number of nitrogens with one attached hydrogen (secondary N) is 1. The number of carboxylic acids is 1. The third kappa shape index (κ3) is 11.5. The summed E-state index contributed by atoms with van der Waals surface area (Å²) in [6.07, 6.45) is 0.0636. The summed E-state index contributed by atoms with van der Waals surface area (Å²) in [5.41, 5.74) is 1.54. The lowest BCUT2D eigenvalue weighted by Gasteiger charge is -2.39. The normalized spacial score (nSPS) is 14.1. The minimum absolute atomic E-state index is 0.000415. The second-order valence-electron chi connectivity index (χ2n) is 10.9. The number of halogens is 1. The van der Waals surface area contributed by atoms with Crippen LogP contribution in [0.1, 0.15) is 65.0 Å². The standard InChI is InChI=1S/C25H41BrN2O7S/c1-17-9-10-18(28(12-11-26)13-14-34-36(8,32)33)15-19(17)22(24(2,3)4)20(16-21(29)30)27-23(31)35-25(5,6)7/h9-10,15,20,22H,11-14,16H2,1-8H3,(H,27,31)(H,29,30)/t20-,22?/m1/s1. The molecule has 11 heteroatoms. The first-order valence-corrected chi connectivity index (χ1v) is 14.7. The van der Waals surface area contributed by atoms with Gasteiger partial charge in [0.15, 0.2) is 0 Å². The molecule has 2 N–H and O–H groups in total. The topological polar surface area (TPSA) is 122 Å². The first kappa shape index (κ1) is 32.2. The highest BCUT2D eigenvalue weighted by Crippen LogP contribution is 2.41. The fourth-order valence-electron chi connectivity index (χ4n) is 4.12. The summed E-state index contributed by atoms with van der Waals surface area (Å²) in [7, 11) is -3.56. The maximum Gasteiger partial charge on any atom is 0.407 e. The molecular formula is C25H41BrN2O7S. The first-order chi connectivity index (χ1) is 16.3. The summed E-state index contributed by atoms with van der Waals surface area (Å²) in [6, 6.07) is 5.15. The Morgan fingerprint density at radius 3 is 2.22 bits per heavy atom. The Labute approximate surface area is 224 Å². The zero-order chi connectivity index (χ0) is 27.9. The van der Waals surface area contributed by atoms with Gasteiger partial charge in [-0.25, -0.2) is 4.79 Å². The van der Waals surface area contributed by atoms with Gasteiger partial charge in [-0.05, 0) is 56.4 Å². The van der Waals surface area contributed by atoms with Gasteiger partial charge >= 0.3 is 12.1 Å². The Hall–Kier alpha value is -1.85. The molecule has 36 heavy (non-hydrogen) atoms. The Morgan fingerprint density at radius 2 is 1.75 bits per heavy atom. The summed E-state index contributed by atoms with van der Waals surface area (Å²) in [4.78, 5) is 26.5. The van der Waals surface area contributed by atoms with Crippen LogP contribution in [0.25, 0.3) is 0 Å². The number of hydrogen-bond acceptors (Lipinski definition) is 7. The number of carbonyl (C=O) groups is 2. The van der Waals surface area contributed by atoms with E-state index < -0.39 is 39.2 Å².